The van der Waals surface area contributed by atoms with E-state index in [1.807, 2.05) is 6.92 Å². The fourth-order valence-corrected chi connectivity index (χ4v) is 2.62. The molecule has 10 heteroatoms. The smallest absolute Gasteiger partial charge is 0.254 e. The van der Waals surface area contributed by atoms with Crippen molar-refractivity contribution in [3.8, 4) is 0 Å². The fourth-order valence-electron chi connectivity index (χ4n) is 2.62. The number of amides is 1. The second-order valence-electron chi connectivity index (χ2n) is 6.69. The summed E-state index contributed by atoms with van der Waals surface area (Å²) in [7, 11) is 7.69. The molecule has 1 heterocycles. The van der Waals surface area contributed by atoms with E-state index in [-0.39, 0.29) is 23.4 Å². The molecule has 2 rings (SSSR count). The number of rotatable bonds is 8. The summed E-state index contributed by atoms with van der Waals surface area (Å²) in [6.07, 6.45) is 2.38. The van der Waals surface area contributed by atoms with Crippen LogP contribution in [-0.2, 0) is 0 Å². The third kappa shape index (κ3) is 5.16. The Morgan fingerprint density at radius 3 is 2.71 bits per heavy atom. The average molecular weight is 388 g/mol. The van der Waals surface area contributed by atoms with Crippen LogP contribution in [0.1, 0.15) is 30.1 Å². The molecule has 0 saturated carbocycles. The van der Waals surface area contributed by atoms with Gasteiger partial charge in [-0.25, -0.2) is 18.7 Å². The molecule has 2 radical (unpaired) electrons. The van der Waals surface area contributed by atoms with Gasteiger partial charge in [-0.3, -0.25) is 4.79 Å². The number of hydrogen-bond donors (Lipinski definition) is 3. The third-order valence-electron chi connectivity index (χ3n) is 4.68. The monoisotopic (exact) mass is 388 g/mol. The molecule has 148 valence electrons. The maximum atomic E-state index is 13.7. The molecule has 1 atom stereocenters. The highest BCUT2D eigenvalue weighted by Gasteiger charge is 2.25. The van der Waals surface area contributed by atoms with Crippen LogP contribution in [0.25, 0.3) is 0 Å². The van der Waals surface area contributed by atoms with Crippen molar-refractivity contribution in [1.29, 1.82) is 0 Å². The molecule has 0 saturated heterocycles. The van der Waals surface area contributed by atoms with E-state index >= 15 is 0 Å². The molecule has 28 heavy (non-hydrogen) atoms. The molecule has 0 bridgehead atoms. The summed E-state index contributed by atoms with van der Waals surface area (Å²) < 4.78 is 26.7. The van der Waals surface area contributed by atoms with Crippen LogP contribution in [0.15, 0.2) is 24.5 Å². The summed E-state index contributed by atoms with van der Waals surface area (Å²) >= 11 is 0. The maximum absolute atomic E-state index is 13.7. The molecule has 0 aliphatic carbocycles. The number of carbonyl (C=O) groups excluding carboxylic acids is 1. The van der Waals surface area contributed by atoms with Gasteiger partial charge in [0.25, 0.3) is 5.91 Å². The first-order chi connectivity index (χ1) is 13.2. The molecule has 7 nitrogen and oxygen atoms in total. The Morgan fingerprint density at radius 1 is 1.36 bits per heavy atom. The van der Waals surface area contributed by atoms with Gasteiger partial charge in [0.1, 0.15) is 37.4 Å². The van der Waals surface area contributed by atoms with E-state index < -0.39 is 23.1 Å². The number of nitrogens with zero attached hydrogens (tertiary/aromatic N) is 3. The van der Waals surface area contributed by atoms with E-state index in [0.717, 1.165) is 12.1 Å². The van der Waals surface area contributed by atoms with Crippen LogP contribution < -0.4 is 27.1 Å². The van der Waals surface area contributed by atoms with Gasteiger partial charge in [0.15, 0.2) is 0 Å². The predicted octanol–water partition coefficient (Wildman–Crippen LogP) is 0.495. The summed E-state index contributed by atoms with van der Waals surface area (Å²) in [5, 5.41) is 2.62. The van der Waals surface area contributed by atoms with Gasteiger partial charge in [-0.1, -0.05) is 6.92 Å². The van der Waals surface area contributed by atoms with Crippen molar-refractivity contribution in [3.05, 3.63) is 41.7 Å². The number of carbonyl (C=O) groups is 1. The normalized spacial score (nSPS) is 13.0. The van der Waals surface area contributed by atoms with Crippen LogP contribution in [0.3, 0.4) is 0 Å². The van der Waals surface area contributed by atoms with E-state index in [4.69, 9.17) is 19.3 Å². The first-order valence-electron chi connectivity index (χ1n) is 8.76. The van der Waals surface area contributed by atoms with Crippen molar-refractivity contribution < 1.29 is 13.6 Å². The minimum Gasteiger partial charge on any atom is -0.384 e. The molecule has 1 aromatic carbocycles. The summed E-state index contributed by atoms with van der Waals surface area (Å²) in [6.45, 7) is 2.50. The minimum atomic E-state index is -0.923. The largest absolute Gasteiger partial charge is 0.384 e. The lowest BCUT2D eigenvalue weighted by Gasteiger charge is -2.31. The SMILES string of the molecule is [B]c1c(N)ncnc1N(C)CCC(N)(CC)CNC(=O)c1ccc(F)cc1F. The number of nitrogens with one attached hydrogen (secondary N) is 1. The zero-order valence-electron chi connectivity index (χ0n) is 15.9. The van der Waals surface area contributed by atoms with E-state index in [1.54, 1.807) is 11.9 Å². The van der Waals surface area contributed by atoms with Crippen molar-refractivity contribution in [2.45, 2.75) is 25.3 Å². The molecule has 1 unspecified atom stereocenters. The van der Waals surface area contributed by atoms with Gasteiger partial charge in [-0.2, -0.15) is 0 Å². The van der Waals surface area contributed by atoms with Gasteiger partial charge in [0.2, 0.25) is 0 Å². The van der Waals surface area contributed by atoms with Crippen LogP contribution in [0.5, 0.6) is 0 Å². The molecule has 0 spiro atoms. The van der Waals surface area contributed by atoms with E-state index in [0.29, 0.717) is 31.3 Å². The van der Waals surface area contributed by atoms with E-state index in [9.17, 15) is 13.6 Å². The Kier molecular flexibility index (Phi) is 6.90. The first-order valence-corrected chi connectivity index (χ1v) is 8.76. The summed E-state index contributed by atoms with van der Waals surface area (Å²) in [5.74, 6) is -1.64. The second kappa shape index (κ2) is 8.96. The predicted molar refractivity (Wildman–Crippen MR) is 106 cm³/mol. The van der Waals surface area contributed by atoms with Crippen LogP contribution in [0.4, 0.5) is 20.4 Å². The Bertz CT molecular complexity index is 853. The van der Waals surface area contributed by atoms with Gasteiger partial charge >= 0.3 is 0 Å². The molecule has 1 aromatic heterocycles. The maximum Gasteiger partial charge on any atom is 0.254 e. The molecule has 0 aliphatic heterocycles. The number of anilines is 2. The zero-order chi connectivity index (χ0) is 20.9. The number of hydrogen-bond acceptors (Lipinski definition) is 6. The molecule has 2 aromatic rings. The number of benzene rings is 1. The zero-order valence-corrected chi connectivity index (χ0v) is 15.9. The minimum absolute atomic E-state index is 0.119. The van der Waals surface area contributed by atoms with Gasteiger partial charge in [-0.05, 0) is 30.4 Å². The number of nitrogens with two attached hydrogens (primary N) is 2. The Morgan fingerprint density at radius 2 is 2.07 bits per heavy atom. The lowest BCUT2D eigenvalue weighted by atomic mass is 9.92. The Labute approximate surface area is 163 Å². The van der Waals surface area contributed by atoms with Gasteiger partial charge in [0, 0.05) is 31.7 Å². The van der Waals surface area contributed by atoms with Crippen molar-refractivity contribution in [2.75, 3.05) is 30.8 Å². The average Bonchev–Trinajstić information content (AvgIpc) is 2.66. The van der Waals surface area contributed by atoms with Crippen LogP contribution >= 0.6 is 0 Å². The van der Waals surface area contributed by atoms with Crippen LogP contribution in [0.2, 0.25) is 0 Å². The molecular weight excluding hydrogens is 365 g/mol. The number of nitrogen functional groups attached to an aromatic ring is 1. The lowest BCUT2D eigenvalue weighted by molar-refractivity contribution is 0.0937. The lowest BCUT2D eigenvalue weighted by Crippen LogP contribution is -2.51. The van der Waals surface area contributed by atoms with Crippen LogP contribution in [0, 0.1) is 11.6 Å². The fraction of sp³-hybridized carbons (Fsp3) is 0.389. The first kappa shape index (κ1) is 21.6. The Balaban J connectivity index is 1.98. The summed E-state index contributed by atoms with van der Waals surface area (Å²) in [6, 6.07) is 2.79. The van der Waals surface area contributed by atoms with Crippen molar-refractivity contribution in [1.82, 2.24) is 15.3 Å². The van der Waals surface area contributed by atoms with Crippen molar-refractivity contribution >= 4 is 30.9 Å². The number of halogens is 2. The molecule has 0 fully saturated rings. The van der Waals surface area contributed by atoms with Gasteiger partial charge < -0.3 is 21.7 Å². The second-order valence-corrected chi connectivity index (χ2v) is 6.69. The van der Waals surface area contributed by atoms with Crippen molar-refractivity contribution in [2.24, 2.45) is 5.73 Å². The van der Waals surface area contributed by atoms with Crippen molar-refractivity contribution in [3.63, 3.8) is 0 Å². The highest BCUT2D eigenvalue weighted by atomic mass is 19.1. The molecule has 0 aliphatic rings. The topological polar surface area (TPSA) is 110 Å². The molecule has 5 N–H and O–H groups in total. The molecular formula is C18H23BF2N6O. The van der Waals surface area contributed by atoms with E-state index in [1.165, 1.54) is 6.33 Å². The van der Waals surface area contributed by atoms with E-state index in [2.05, 4.69) is 15.3 Å². The van der Waals surface area contributed by atoms with Gasteiger partial charge in [-0.15, -0.1) is 0 Å². The van der Waals surface area contributed by atoms with Gasteiger partial charge in [0.05, 0.1) is 5.56 Å². The number of aromatic nitrogens is 2. The summed E-state index contributed by atoms with van der Waals surface area (Å²) in [4.78, 5) is 21.9. The van der Waals surface area contributed by atoms with Crippen LogP contribution in [-0.4, -0.2) is 49.4 Å². The standard InChI is InChI=1S/C18H23BF2N6O/c1-3-18(23,6-7-27(2)16-14(19)15(22)25-10-26-16)9-24-17(28)12-5-4-11(20)8-13(12)21/h4-5,8,10H,3,6-7,9,23H2,1-2H3,(H,24,28)(H2,22,25,26). The third-order valence-corrected chi connectivity index (χ3v) is 4.68. The quantitative estimate of drug-likeness (QED) is 0.568. The molecule has 1 amide bonds. The highest BCUT2D eigenvalue weighted by molar-refractivity contribution is 6.38. The highest BCUT2D eigenvalue weighted by Crippen LogP contribution is 2.15. The Hall–Kier alpha value is -2.75. The summed E-state index contributed by atoms with van der Waals surface area (Å²) in [5.41, 5.74) is 11.4.